The van der Waals surface area contributed by atoms with Crippen molar-refractivity contribution in [1.82, 2.24) is 25.4 Å². The van der Waals surface area contributed by atoms with Gasteiger partial charge in [-0.2, -0.15) is 5.10 Å². The second-order valence-corrected chi connectivity index (χ2v) is 5.54. The molecule has 0 amide bonds. The summed E-state index contributed by atoms with van der Waals surface area (Å²) in [6.45, 7) is 1.47. The molecule has 0 fully saturated rings. The molecule has 0 aliphatic heterocycles. The van der Waals surface area contributed by atoms with Crippen molar-refractivity contribution in [3.05, 3.63) is 78.4 Å². The van der Waals surface area contributed by atoms with Crippen LogP contribution in [0.1, 0.15) is 11.3 Å². The van der Waals surface area contributed by atoms with Gasteiger partial charge < -0.3 is 10.6 Å². The number of rotatable bonds is 6. The number of pyridine rings is 1. The number of nitrogens with zero attached hydrogens (tertiary/aromatic N) is 4. The number of benzene rings is 1. The molecule has 0 unspecified atom stereocenters. The van der Waals surface area contributed by atoms with Crippen molar-refractivity contribution in [3.63, 3.8) is 0 Å². The summed E-state index contributed by atoms with van der Waals surface area (Å²) in [5, 5.41) is 10.9. The van der Waals surface area contributed by atoms with Gasteiger partial charge in [-0.15, -0.1) is 24.0 Å². The summed E-state index contributed by atoms with van der Waals surface area (Å²) in [5.74, 6) is 0.778. The van der Waals surface area contributed by atoms with Crippen LogP contribution in [-0.2, 0) is 13.0 Å². The summed E-state index contributed by atoms with van der Waals surface area (Å²) in [4.78, 5) is 8.58. The van der Waals surface area contributed by atoms with Crippen LogP contribution in [0.3, 0.4) is 0 Å². The van der Waals surface area contributed by atoms with Crippen LogP contribution in [0.15, 0.2) is 72.1 Å². The van der Waals surface area contributed by atoms with Gasteiger partial charge in [-0.25, -0.2) is 4.68 Å². The average molecular weight is 462 g/mol. The molecule has 0 saturated heterocycles. The van der Waals surface area contributed by atoms with Gasteiger partial charge in [-0.1, -0.05) is 18.2 Å². The van der Waals surface area contributed by atoms with E-state index < -0.39 is 0 Å². The fraction of sp³-hybridized carbons (Fsp3) is 0.211. The normalized spacial score (nSPS) is 10.9. The Morgan fingerprint density at radius 2 is 2.00 bits per heavy atom. The minimum absolute atomic E-state index is 0. The SMILES string of the molecule is CN=C(NCCc1ccccn1)NCc1cccc(-n2cccn2)c1.I. The van der Waals surface area contributed by atoms with E-state index in [2.05, 4.69) is 37.8 Å². The molecule has 6 nitrogen and oxygen atoms in total. The van der Waals surface area contributed by atoms with E-state index in [4.69, 9.17) is 0 Å². The monoisotopic (exact) mass is 462 g/mol. The van der Waals surface area contributed by atoms with Crippen LogP contribution in [0, 0.1) is 0 Å². The lowest BCUT2D eigenvalue weighted by Crippen LogP contribution is -2.37. The first-order chi connectivity index (χ1) is 12.3. The summed E-state index contributed by atoms with van der Waals surface area (Å²) in [6, 6.07) is 16.1. The molecule has 2 heterocycles. The highest BCUT2D eigenvalue weighted by Gasteiger charge is 2.01. The predicted molar refractivity (Wildman–Crippen MR) is 115 cm³/mol. The fourth-order valence-corrected chi connectivity index (χ4v) is 2.49. The summed E-state index contributed by atoms with van der Waals surface area (Å²) in [6.07, 6.45) is 6.38. The zero-order chi connectivity index (χ0) is 17.3. The third-order valence-corrected chi connectivity index (χ3v) is 3.76. The van der Waals surface area contributed by atoms with Crippen molar-refractivity contribution < 1.29 is 0 Å². The summed E-state index contributed by atoms with van der Waals surface area (Å²) < 4.78 is 1.85. The Balaban J connectivity index is 0.00000243. The molecular formula is C19H23IN6. The Hall–Kier alpha value is -2.42. The topological polar surface area (TPSA) is 67.1 Å². The minimum Gasteiger partial charge on any atom is -0.356 e. The fourth-order valence-electron chi connectivity index (χ4n) is 2.49. The molecule has 7 heteroatoms. The van der Waals surface area contributed by atoms with Crippen LogP contribution >= 0.6 is 24.0 Å². The maximum Gasteiger partial charge on any atom is 0.191 e. The van der Waals surface area contributed by atoms with Gasteiger partial charge in [-0.05, 0) is 35.9 Å². The van der Waals surface area contributed by atoms with Crippen molar-refractivity contribution in [2.45, 2.75) is 13.0 Å². The maximum absolute atomic E-state index is 4.32. The van der Waals surface area contributed by atoms with Crippen LogP contribution in [0.25, 0.3) is 5.69 Å². The van der Waals surface area contributed by atoms with Crippen molar-refractivity contribution in [2.24, 2.45) is 4.99 Å². The van der Waals surface area contributed by atoms with E-state index in [-0.39, 0.29) is 24.0 Å². The summed E-state index contributed by atoms with van der Waals surface area (Å²) in [7, 11) is 1.77. The molecule has 3 aromatic rings. The van der Waals surface area contributed by atoms with Crippen LogP contribution in [0.2, 0.25) is 0 Å². The molecule has 0 aliphatic carbocycles. The molecule has 2 N–H and O–H groups in total. The number of hydrogen-bond acceptors (Lipinski definition) is 3. The summed E-state index contributed by atoms with van der Waals surface area (Å²) >= 11 is 0. The van der Waals surface area contributed by atoms with Gasteiger partial charge in [0.05, 0.1) is 5.69 Å². The third-order valence-electron chi connectivity index (χ3n) is 3.76. The Labute approximate surface area is 170 Å². The minimum atomic E-state index is 0. The zero-order valence-corrected chi connectivity index (χ0v) is 17.0. The number of halogens is 1. The lowest BCUT2D eigenvalue weighted by molar-refractivity contribution is 0.783. The van der Waals surface area contributed by atoms with E-state index in [1.807, 2.05) is 53.5 Å². The lowest BCUT2D eigenvalue weighted by Gasteiger charge is -2.12. The second-order valence-electron chi connectivity index (χ2n) is 5.54. The van der Waals surface area contributed by atoms with Crippen molar-refractivity contribution in [1.29, 1.82) is 0 Å². The smallest absolute Gasteiger partial charge is 0.191 e. The van der Waals surface area contributed by atoms with Crippen LogP contribution in [0.4, 0.5) is 0 Å². The highest BCUT2D eigenvalue weighted by molar-refractivity contribution is 14.0. The maximum atomic E-state index is 4.32. The summed E-state index contributed by atoms with van der Waals surface area (Å²) in [5.41, 5.74) is 3.28. The average Bonchev–Trinajstić information content (AvgIpc) is 3.20. The van der Waals surface area contributed by atoms with Crippen molar-refractivity contribution in [2.75, 3.05) is 13.6 Å². The van der Waals surface area contributed by atoms with Crippen molar-refractivity contribution in [3.8, 4) is 5.69 Å². The van der Waals surface area contributed by atoms with E-state index in [1.54, 1.807) is 13.2 Å². The number of nitrogens with one attached hydrogen (secondary N) is 2. The van der Waals surface area contributed by atoms with E-state index in [0.29, 0.717) is 6.54 Å². The Morgan fingerprint density at radius 1 is 1.08 bits per heavy atom. The molecule has 3 rings (SSSR count). The van der Waals surface area contributed by atoms with Crippen LogP contribution in [-0.4, -0.2) is 34.3 Å². The quantitative estimate of drug-likeness (QED) is 0.336. The lowest BCUT2D eigenvalue weighted by atomic mass is 10.2. The molecular weight excluding hydrogens is 439 g/mol. The Morgan fingerprint density at radius 3 is 2.73 bits per heavy atom. The Bertz CT molecular complexity index is 802. The number of aromatic nitrogens is 3. The van der Waals surface area contributed by atoms with Gasteiger partial charge in [0.2, 0.25) is 0 Å². The highest BCUT2D eigenvalue weighted by Crippen LogP contribution is 2.09. The van der Waals surface area contributed by atoms with Crippen LogP contribution < -0.4 is 10.6 Å². The first kappa shape index (κ1) is 19.9. The first-order valence-electron chi connectivity index (χ1n) is 8.28. The van der Waals surface area contributed by atoms with Gasteiger partial charge in [0.15, 0.2) is 5.96 Å². The van der Waals surface area contributed by atoms with Gasteiger partial charge in [0.25, 0.3) is 0 Å². The first-order valence-corrected chi connectivity index (χ1v) is 8.28. The largest absolute Gasteiger partial charge is 0.356 e. The molecule has 0 aliphatic rings. The standard InChI is InChI=1S/C19H22N6.HI/c1-20-19(22-12-9-17-7-2-3-10-21-17)23-15-16-6-4-8-18(14-16)25-13-5-11-24-25;/h2-8,10-11,13-14H,9,12,15H2,1H3,(H2,20,22,23);1H. The molecule has 0 atom stereocenters. The zero-order valence-electron chi connectivity index (χ0n) is 14.7. The molecule has 0 bridgehead atoms. The van der Waals surface area contributed by atoms with E-state index in [9.17, 15) is 0 Å². The Kier molecular flexibility index (Phi) is 8.07. The molecule has 2 aromatic heterocycles. The molecule has 0 saturated carbocycles. The molecule has 26 heavy (non-hydrogen) atoms. The van der Waals surface area contributed by atoms with Crippen molar-refractivity contribution >= 4 is 29.9 Å². The van der Waals surface area contributed by atoms with E-state index >= 15 is 0 Å². The van der Waals surface area contributed by atoms with Crippen LogP contribution in [0.5, 0.6) is 0 Å². The molecule has 0 spiro atoms. The third kappa shape index (κ3) is 5.83. The predicted octanol–water partition coefficient (Wildman–Crippen LogP) is 2.79. The van der Waals surface area contributed by atoms with E-state index in [1.165, 1.54) is 5.56 Å². The highest BCUT2D eigenvalue weighted by atomic mass is 127. The van der Waals surface area contributed by atoms with Gasteiger partial charge >= 0.3 is 0 Å². The number of guanidine groups is 1. The van der Waals surface area contributed by atoms with Gasteiger partial charge in [0, 0.05) is 50.8 Å². The molecule has 0 radical (unpaired) electrons. The van der Waals surface area contributed by atoms with E-state index in [0.717, 1.165) is 30.3 Å². The van der Waals surface area contributed by atoms with Gasteiger partial charge in [0.1, 0.15) is 0 Å². The second kappa shape index (κ2) is 10.5. The molecule has 136 valence electrons. The number of aliphatic imine (C=N–C) groups is 1. The number of hydrogen-bond donors (Lipinski definition) is 2. The molecule has 1 aromatic carbocycles. The van der Waals surface area contributed by atoms with Gasteiger partial charge in [-0.3, -0.25) is 9.98 Å².